The van der Waals surface area contributed by atoms with Crippen LogP contribution in [0, 0.1) is 0 Å². The molecule has 1 N–H and O–H groups in total. The van der Waals surface area contributed by atoms with Gasteiger partial charge in [-0.15, -0.1) is 0 Å². The predicted molar refractivity (Wildman–Crippen MR) is 183 cm³/mol. The van der Waals surface area contributed by atoms with Crippen LogP contribution in [0.25, 0.3) is 0 Å². The van der Waals surface area contributed by atoms with Crippen LogP contribution in [0.3, 0.4) is 0 Å². The van der Waals surface area contributed by atoms with Crippen molar-refractivity contribution in [3.8, 4) is 5.75 Å². The van der Waals surface area contributed by atoms with Gasteiger partial charge in [-0.3, -0.25) is 13.6 Å². The molecule has 0 aliphatic carbocycles. The number of alkyl carbamates (subject to hydrolysis) is 1. The van der Waals surface area contributed by atoms with E-state index in [1.54, 1.807) is 32.5 Å². The summed E-state index contributed by atoms with van der Waals surface area (Å²) in [6.45, 7) is 5.48. The van der Waals surface area contributed by atoms with Crippen LogP contribution in [0.1, 0.15) is 44.7 Å². The lowest BCUT2D eigenvalue weighted by atomic mass is 9.93. The van der Waals surface area contributed by atoms with Crippen molar-refractivity contribution in [3.63, 3.8) is 0 Å². The van der Waals surface area contributed by atoms with E-state index >= 15 is 0 Å². The average Bonchev–Trinajstić information content (AvgIpc) is 3.03. The molecule has 0 aliphatic rings. The second-order valence-electron chi connectivity index (χ2n) is 11.7. The lowest BCUT2D eigenvalue weighted by molar-refractivity contribution is -0.0649. The number of hydrogen-bond acceptors (Lipinski definition) is 10. The van der Waals surface area contributed by atoms with Gasteiger partial charge in [0.15, 0.2) is 0 Å². The molecule has 0 spiro atoms. The van der Waals surface area contributed by atoms with Crippen molar-refractivity contribution in [2.45, 2.75) is 67.6 Å². The van der Waals surface area contributed by atoms with E-state index < -0.39 is 25.1 Å². The molecule has 0 aliphatic heterocycles. The highest BCUT2D eigenvalue weighted by atomic mass is 35.5. The summed E-state index contributed by atoms with van der Waals surface area (Å²) in [5, 5.41) is 3.50. The zero-order valence-electron chi connectivity index (χ0n) is 27.8. The largest absolute Gasteiger partial charge is 0.489 e. The van der Waals surface area contributed by atoms with Crippen LogP contribution in [-0.4, -0.2) is 58.6 Å². The zero-order valence-corrected chi connectivity index (χ0v) is 30.3. The minimum Gasteiger partial charge on any atom is -0.489 e. The third kappa shape index (κ3) is 13.8. The Balaban J connectivity index is 1.70. The number of nitrogens with one attached hydrogen (secondary N) is 1. The third-order valence-corrected chi connectivity index (χ3v) is 9.38. The molecule has 0 radical (unpaired) electrons. The molecule has 0 saturated carbocycles. The van der Waals surface area contributed by atoms with Crippen molar-refractivity contribution in [3.05, 3.63) is 88.9 Å². The first-order valence-electron chi connectivity index (χ1n) is 15.0. The molecule has 13 heteroatoms. The molecule has 0 aromatic heterocycles. The zero-order chi connectivity index (χ0) is 34.3. The highest BCUT2D eigenvalue weighted by molar-refractivity contribution is 7.99. The third-order valence-electron chi connectivity index (χ3n) is 6.71. The monoisotopic (exact) mass is 709 g/mol. The van der Waals surface area contributed by atoms with Crippen LogP contribution in [0.4, 0.5) is 4.79 Å². The van der Waals surface area contributed by atoms with Crippen molar-refractivity contribution in [2.75, 3.05) is 41.3 Å². The smallest absolute Gasteiger partial charge is 0.474 e. The van der Waals surface area contributed by atoms with Crippen LogP contribution in [0.15, 0.2) is 82.6 Å². The van der Waals surface area contributed by atoms with Crippen LogP contribution in [0.2, 0.25) is 5.02 Å². The Morgan fingerprint density at radius 2 is 1.64 bits per heavy atom. The number of ether oxygens (including phenoxy) is 4. The Hall–Kier alpha value is -2.60. The van der Waals surface area contributed by atoms with Crippen molar-refractivity contribution in [1.29, 1.82) is 0 Å². The fourth-order valence-corrected chi connectivity index (χ4v) is 6.47. The van der Waals surface area contributed by atoms with Crippen molar-refractivity contribution < 1.29 is 41.9 Å². The molecule has 47 heavy (non-hydrogen) atoms. The maximum atomic E-state index is 12.9. The fraction of sp³-hybridized carbons (Fsp3) is 0.441. The standard InChI is InChI=1S/C34H45ClNO9PS/c1-33(2,3)45-32(37)36-34(23-42-25-39-4,24-44-46(38,40-5)41-6)19-11-14-27-17-18-30(21-31(27)35)47-29-16-10-15-28(20-29)43-22-26-12-8-7-9-13-26/h7-10,12-13,15-18,20-21H,11,14,19,22-25H2,1-6H3,(H,36,37). The number of phosphoric ester groups is 1. The van der Waals surface area contributed by atoms with Gasteiger partial charge in [-0.2, -0.15) is 0 Å². The SMILES string of the molecule is COCOCC(CCCc1ccc(Sc2cccc(OCc3ccccc3)c2)cc1Cl)(COP(=O)(OC)OC)NC(=O)OC(C)(C)C. The maximum absolute atomic E-state index is 12.9. The molecule has 0 bridgehead atoms. The van der Waals surface area contributed by atoms with E-state index in [1.807, 2.05) is 72.8 Å². The summed E-state index contributed by atoms with van der Waals surface area (Å²) in [6, 6.07) is 23.9. The van der Waals surface area contributed by atoms with Crippen LogP contribution < -0.4 is 10.1 Å². The summed E-state index contributed by atoms with van der Waals surface area (Å²) < 4.78 is 50.5. The Morgan fingerprint density at radius 1 is 0.915 bits per heavy atom. The minimum absolute atomic E-state index is 0.0229. The first-order valence-corrected chi connectivity index (χ1v) is 17.7. The molecule has 258 valence electrons. The van der Waals surface area contributed by atoms with Gasteiger partial charge < -0.3 is 24.3 Å². The number of methoxy groups -OCH3 is 1. The van der Waals surface area contributed by atoms with Crippen molar-refractivity contribution >= 4 is 37.3 Å². The van der Waals surface area contributed by atoms with Gasteiger partial charge >= 0.3 is 13.9 Å². The summed E-state index contributed by atoms with van der Waals surface area (Å²) in [4.78, 5) is 14.9. The molecule has 0 heterocycles. The van der Waals surface area contributed by atoms with Gasteiger partial charge in [-0.25, -0.2) is 9.36 Å². The normalized spacial score (nSPS) is 13.2. The average molecular weight is 710 g/mol. The topological polar surface area (TPSA) is 111 Å². The molecule has 3 aromatic carbocycles. The highest BCUT2D eigenvalue weighted by Gasteiger charge is 2.38. The molecule has 1 amide bonds. The number of amides is 1. The van der Waals surface area contributed by atoms with E-state index in [0.29, 0.717) is 30.9 Å². The summed E-state index contributed by atoms with van der Waals surface area (Å²) in [7, 11) is 0.0595. The van der Waals surface area contributed by atoms with E-state index in [9.17, 15) is 9.36 Å². The highest BCUT2D eigenvalue weighted by Crippen LogP contribution is 2.48. The second kappa shape index (κ2) is 18.8. The van der Waals surface area contributed by atoms with Crippen molar-refractivity contribution in [1.82, 2.24) is 5.32 Å². The number of halogens is 1. The summed E-state index contributed by atoms with van der Waals surface area (Å²) in [6.07, 6.45) is 0.820. The summed E-state index contributed by atoms with van der Waals surface area (Å²) in [5.41, 5.74) is 0.122. The van der Waals surface area contributed by atoms with Gasteiger partial charge in [-0.05, 0) is 81.5 Å². The number of phosphoric acid groups is 1. The Labute approximate surface area is 287 Å². The molecule has 0 saturated heterocycles. The molecule has 10 nitrogen and oxygen atoms in total. The number of carbonyl (C=O) groups excluding carboxylic acids is 1. The molecule has 3 rings (SSSR count). The second-order valence-corrected chi connectivity index (χ2v) is 15.1. The first kappa shape index (κ1) is 38.8. The Morgan fingerprint density at radius 3 is 2.30 bits per heavy atom. The van der Waals surface area contributed by atoms with Gasteiger partial charge in [0.05, 0.1) is 18.8 Å². The Bertz CT molecular complexity index is 1450. The number of aryl methyl sites for hydroxylation is 1. The maximum Gasteiger partial charge on any atom is 0.474 e. The van der Waals surface area contributed by atoms with Crippen LogP contribution in [-0.2, 0) is 45.4 Å². The Kier molecular flexibility index (Phi) is 15.5. The van der Waals surface area contributed by atoms with E-state index in [4.69, 9.17) is 44.1 Å². The lowest BCUT2D eigenvalue weighted by Crippen LogP contribution is -2.56. The fourth-order valence-electron chi connectivity index (χ4n) is 4.46. The summed E-state index contributed by atoms with van der Waals surface area (Å²) >= 11 is 8.34. The molecular weight excluding hydrogens is 665 g/mol. The molecule has 3 aromatic rings. The van der Waals surface area contributed by atoms with Gasteiger partial charge in [0.2, 0.25) is 0 Å². The van der Waals surface area contributed by atoms with E-state index in [1.165, 1.54) is 21.3 Å². The lowest BCUT2D eigenvalue weighted by Gasteiger charge is -2.35. The number of carbonyl (C=O) groups is 1. The summed E-state index contributed by atoms with van der Waals surface area (Å²) in [5.74, 6) is 0.788. The van der Waals surface area contributed by atoms with Crippen LogP contribution in [0.5, 0.6) is 5.75 Å². The van der Waals surface area contributed by atoms with E-state index in [0.717, 1.165) is 26.7 Å². The van der Waals surface area contributed by atoms with Crippen LogP contribution >= 0.6 is 31.2 Å². The molecule has 1 unspecified atom stereocenters. The first-order chi connectivity index (χ1) is 22.4. The quantitative estimate of drug-likeness (QED) is 0.0737. The number of benzene rings is 3. The minimum atomic E-state index is -3.87. The van der Waals surface area contributed by atoms with Crippen molar-refractivity contribution in [2.24, 2.45) is 0 Å². The predicted octanol–water partition coefficient (Wildman–Crippen LogP) is 8.69. The van der Waals surface area contributed by atoms with Gasteiger partial charge in [0.25, 0.3) is 0 Å². The number of rotatable bonds is 19. The van der Waals surface area contributed by atoms with Gasteiger partial charge in [-0.1, -0.05) is 65.8 Å². The van der Waals surface area contributed by atoms with E-state index in [-0.39, 0.29) is 20.0 Å². The molecule has 1 atom stereocenters. The van der Waals surface area contributed by atoms with Gasteiger partial charge in [0, 0.05) is 36.1 Å². The number of hydrogen-bond donors (Lipinski definition) is 1. The molecule has 0 fully saturated rings. The van der Waals surface area contributed by atoms with E-state index in [2.05, 4.69) is 5.32 Å². The molecular formula is C34H45ClNO9PS. The van der Waals surface area contributed by atoms with Gasteiger partial charge in [0.1, 0.15) is 24.8 Å².